The number of imide groups is 1. The van der Waals surface area contributed by atoms with Crippen LogP contribution in [0.15, 0.2) is 66.7 Å². The number of carbonyl (C=O) groups excluding carboxylic acids is 4. The molecule has 0 aromatic heterocycles. The van der Waals surface area contributed by atoms with Gasteiger partial charge < -0.3 is 10.2 Å². The van der Waals surface area contributed by atoms with Crippen molar-refractivity contribution in [2.75, 3.05) is 6.54 Å². The zero-order chi connectivity index (χ0) is 27.9. The number of fused-ring (bicyclic) bond motifs is 1. The van der Waals surface area contributed by atoms with Crippen molar-refractivity contribution in [2.45, 2.75) is 64.6 Å². The smallest absolute Gasteiger partial charge is 0.243 e. The van der Waals surface area contributed by atoms with Gasteiger partial charge in [0.15, 0.2) is 0 Å². The number of carbonyl (C=O) groups is 4. The van der Waals surface area contributed by atoms with Crippen molar-refractivity contribution in [2.24, 2.45) is 11.8 Å². The van der Waals surface area contributed by atoms with Crippen molar-refractivity contribution in [3.05, 3.63) is 82.9 Å². The van der Waals surface area contributed by atoms with E-state index in [0.717, 1.165) is 17.5 Å². The van der Waals surface area contributed by atoms with E-state index < -0.39 is 6.04 Å². The van der Waals surface area contributed by atoms with E-state index in [0.29, 0.717) is 24.3 Å². The molecule has 7 nitrogen and oxygen atoms in total. The van der Waals surface area contributed by atoms with Crippen LogP contribution in [0.5, 0.6) is 0 Å². The summed E-state index contributed by atoms with van der Waals surface area (Å²) in [5.74, 6) is -1.64. The molecule has 2 aromatic carbocycles. The molecule has 1 fully saturated rings. The molecule has 1 aliphatic carbocycles. The lowest BCUT2D eigenvalue weighted by atomic mass is 9.85. The van der Waals surface area contributed by atoms with E-state index in [-0.39, 0.29) is 61.0 Å². The van der Waals surface area contributed by atoms with Crippen molar-refractivity contribution >= 4 is 35.2 Å². The Labute approximate surface area is 235 Å². The van der Waals surface area contributed by atoms with Crippen LogP contribution >= 0.6 is 11.6 Å². The first kappa shape index (κ1) is 28.6. The second-order valence-corrected chi connectivity index (χ2v) is 10.8. The maximum atomic E-state index is 13.9. The summed E-state index contributed by atoms with van der Waals surface area (Å²) < 4.78 is 0. The highest BCUT2D eigenvalue weighted by Crippen LogP contribution is 2.35. The highest BCUT2D eigenvalue weighted by molar-refractivity contribution is 6.30. The fourth-order valence-electron chi connectivity index (χ4n) is 5.27. The summed E-state index contributed by atoms with van der Waals surface area (Å²) in [6.07, 6.45) is 6.00. The Hall–Kier alpha value is -3.45. The van der Waals surface area contributed by atoms with E-state index in [2.05, 4.69) is 5.32 Å². The molecule has 0 radical (unpaired) electrons. The van der Waals surface area contributed by atoms with Gasteiger partial charge in [0.25, 0.3) is 0 Å². The van der Waals surface area contributed by atoms with E-state index in [1.807, 2.05) is 68.5 Å². The number of hydrogen-bond acceptors (Lipinski definition) is 4. The Morgan fingerprint density at radius 3 is 2.26 bits per heavy atom. The number of benzene rings is 2. The van der Waals surface area contributed by atoms with Crippen molar-refractivity contribution in [1.29, 1.82) is 0 Å². The van der Waals surface area contributed by atoms with Crippen LogP contribution in [0.25, 0.3) is 0 Å². The van der Waals surface area contributed by atoms with E-state index in [1.54, 1.807) is 17.0 Å². The van der Waals surface area contributed by atoms with Gasteiger partial charge >= 0.3 is 0 Å². The van der Waals surface area contributed by atoms with E-state index in [4.69, 9.17) is 11.6 Å². The molecule has 0 bridgehead atoms. The molecule has 1 heterocycles. The molecule has 8 heteroatoms. The monoisotopic (exact) mass is 549 g/mol. The molecular weight excluding hydrogens is 514 g/mol. The van der Waals surface area contributed by atoms with Gasteiger partial charge in [-0.05, 0) is 49.4 Å². The first-order valence-electron chi connectivity index (χ1n) is 13.7. The number of nitrogens with zero attached hydrogens (tertiary/aromatic N) is 2. The summed E-state index contributed by atoms with van der Waals surface area (Å²) in [6.45, 7) is 4.09. The van der Waals surface area contributed by atoms with Gasteiger partial charge in [0.2, 0.25) is 23.6 Å². The summed E-state index contributed by atoms with van der Waals surface area (Å²) in [7, 11) is 0. The van der Waals surface area contributed by atoms with Crippen LogP contribution in [0.3, 0.4) is 0 Å². The SMILES string of the molecule is CC[C@@H](C)NC(=O)[C@@H](Cc1ccccc1)N(Cc1cccc(Cl)c1)C(=O)CCN1C(=O)[C@H]2CC=CC[C@H]2C1=O. The van der Waals surface area contributed by atoms with Crippen LogP contribution in [0, 0.1) is 11.8 Å². The molecular formula is C31H36ClN3O4. The number of amides is 4. The molecule has 4 rings (SSSR count). The van der Waals surface area contributed by atoms with Gasteiger partial charge in [-0.25, -0.2) is 0 Å². The average Bonchev–Trinajstić information content (AvgIpc) is 3.18. The second-order valence-electron chi connectivity index (χ2n) is 10.4. The predicted molar refractivity (Wildman–Crippen MR) is 151 cm³/mol. The van der Waals surface area contributed by atoms with Gasteiger partial charge in [0.1, 0.15) is 6.04 Å². The highest BCUT2D eigenvalue weighted by atomic mass is 35.5. The Balaban J connectivity index is 1.59. The molecule has 4 amide bonds. The van der Waals surface area contributed by atoms with Crippen molar-refractivity contribution < 1.29 is 19.2 Å². The summed E-state index contributed by atoms with van der Waals surface area (Å²) in [5, 5.41) is 3.58. The van der Waals surface area contributed by atoms with Crippen LogP contribution in [0.4, 0.5) is 0 Å². The lowest BCUT2D eigenvalue weighted by Gasteiger charge is -2.33. The molecule has 0 saturated carbocycles. The lowest BCUT2D eigenvalue weighted by Crippen LogP contribution is -2.52. The van der Waals surface area contributed by atoms with Gasteiger partial charge in [-0.3, -0.25) is 24.1 Å². The Morgan fingerprint density at radius 1 is 1.00 bits per heavy atom. The molecule has 1 N–H and O–H groups in total. The van der Waals surface area contributed by atoms with E-state index in [9.17, 15) is 19.2 Å². The fraction of sp³-hybridized carbons (Fsp3) is 0.419. The predicted octanol–water partition coefficient (Wildman–Crippen LogP) is 4.54. The molecule has 0 unspecified atom stereocenters. The minimum absolute atomic E-state index is 0.000580. The Morgan fingerprint density at radius 2 is 1.64 bits per heavy atom. The third-order valence-corrected chi connectivity index (χ3v) is 7.90. The van der Waals surface area contributed by atoms with Crippen molar-refractivity contribution in [1.82, 2.24) is 15.1 Å². The number of allylic oxidation sites excluding steroid dienone is 2. The first-order chi connectivity index (χ1) is 18.8. The Kier molecular flexibility index (Phi) is 9.57. The largest absolute Gasteiger partial charge is 0.352 e. The minimum Gasteiger partial charge on any atom is -0.352 e. The third-order valence-electron chi connectivity index (χ3n) is 7.66. The molecule has 1 saturated heterocycles. The number of likely N-dealkylation sites (tertiary alicyclic amines) is 1. The highest BCUT2D eigenvalue weighted by Gasteiger charge is 2.47. The van der Waals surface area contributed by atoms with Crippen LogP contribution in [0.2, 0.25) is 5.02 Å². The minimum atomic E-state index is -0.787. The quantitative estimate of drug-likeness (QED) is 0.329. The fourth-order valence-corrected chi connectivity index (χ4v) is 5.48. The third kappa shape index (κ3) is 6.95. The molecule has 0 spiro atoms. The summed E-state index contributed by atoms with van der Waals surface area (Å²) in [4.78, 5) is 56.2. The maximum absolute atomic E-state index is 13.9. The topological polar surface area (TPSA) is 86.8 Å². The van der Waals surface area contributed by atoms with Gasteiger partial charge in [-0.2, -0.15) is 0 Å². The standard InChI is InChI=1S/C31H36ClN3O4/c1-3-21(2)33-29(37)27(19-22-10-5-4-6-11-22)35(20-23-12-9-13-24(32)18-23)28(36)16-17-34-30(38)25-14-7-8-15-26(25)31(34)39/h4-13,18,21,25-27H,3,14-17,19-20H2,1-2H3,(H,33,37)/t21-,25-,26+,27-/m1/s1. The van der Waals surface area contributed by atoms with E-state index >= 15 is 0 Å². The normalized spacial score (nSPS) is 19.9. The zero-order valence-corrected chi connectivity index (χ0v) is 23.3. The average molecular weight is 550 g/mol. The summed E-state index contributed by atoms with van der Waals surface area (Å²) in [6, 6.07) is 15.9. The molecule has 39 heavy (non-hydrogen) atoms. The van der Waals surface area contributed by atoms with Crippen molar-refractivity contribution in [3.8, 4) is 0 Å². The molecule has 4 atom stereocenters. The van der Waals surface area contributed by atoms with Crippen LogP contribution in [-0.4, -0.2) is 52.1 Å². The second kappa shape index (κ2) is 13.1. The van der Waals surface area contributed by atoms with Crippen LogP contribution in [0.1, 0.15) is 50.7 Å². The zero-order valence-electron chi connectivity index (χ0n) is 22.5. The number of halogens is 1. The maximum Gasteiger partial charge on any atom is 0.243 e. The van der Waals surface area contributed by atoms with Crippen LogP contribution in [-0.2, 0) is 32.1 Å². The van der Waals surface area contributed by atoms with E-state index in [1.165, 1.54) is 4.90 Å². The molecule has 2 aromatic rings. The van der Waals surface area contributed by atoms with Gasteiger partial charge in [0, 0.05) is 37.0 Å². The molecule has 2 aliphatic rings. The number of hydrogen-bond donors (Lipinski definition) is 1. The number of nitrogens with one attached hydrogen (secondary N) is 1. The van der Waals surface area contributed by atoms with Gasteiger partial charge in [0.05, 0.1) is 11.8 Å². The van der Waals surface area contributed by atoms with Gasteiger partial charge in [-0.15, -0.1) is 0 Å². The van der Waals surface area contributed by atoms with Crippen LogP contribution < -0.4 is 5.32 Å². The summed E-state index contributed by atoms with van der Waals surface area (Å²) in [5.41, 5.74) is 1.71. The lowest BCUT2D eigenvalue weighted by molar-refractivity contribution is -0.144. The number of rotatable bonds is 11. The van der Waals surface area contributed by atoms with Gasteiger partial charge in [-0.1, -0.05) is 73.1 Å². The Bertz CT molecular complexity index is 1210. The molecule has 206 valence electrons. The first-order valence-corrected chi connectivity index (χ1v) is 14.0. The molecule has 1 aliphatic heterocycles. The summed E-state index contributed by atoms with van der Waals surface area (Å²) >= 11 is 6.24. The van der Waals surface area contributed by atoms with Crippen molar-refractivity contribution in [3.63, 3.8) is 0 Å².